The molecule has 164 valence electrons. The molecule has 0 fully saturated rings. The van der Waals surface area contributed by atoms with Crippen molar-refractivity contribution in [2.24, 2.45) is 5.92 Å². The molecule has 0 heterocycles. The normalized spacial score (nSPS) is 20.9. The summed E-state index contributed by atoms with van der Waals surface area (Å²) in [5.74, 6) is 0.842. The number of nitrogens with one attached hydrogen (secondary N) is 2. The van der Waals surface area contributed by atoms with Crippen LogP contribution in [0.4, 0.5) is 0 Å². The lowest BCUT2D eigenvalue weighted by atomic mass is 9.59. The molecule has 1 atom stereocenters. The van der Waals surface area contributed by atoms with Crippen LogP contribution >= 0.6 is 0 Å². The predicted molar refractivity (Wildman–Crippen MR) is 124 cm³/mol. The minimum absolute atomic E-state index is 0.0748. The summed E-state index contributed by atoms with van der Waals surface area (Å²) in [5, 5.41) is 3.05. The highest BCUT2D eigenvalue weighted by atomic mass is 32.2. The van der Waals surface area contributed by atoms with Crippen LogP contribution in [0, 0.1) is 5.92 Å². The second-order valence-electron chi connectivity index (χ2n) is 8.55. The standard InChI is InChI=1S/C26H26N2O3S/c29-25(14-15-28-32(30,31)19-8-2-1-3-9-19)27-17-18-16-24-20-10-4-6-12-22(20)26(18)23-13-7-5-11-21(23)24/h1-13,18,24,26,28H,14-17H2,(H,27,29)/t18-,24?,26?/m1/s1. The summed E-state index contributed by atoms with van der Waals surface area (Å²) in [6.45, 7) is 0.666. The molecule has 6 heteroatoms. The summed E-state index contributed by atoms with van der Waals surface area (Å²) in [4.78, 5) is 12.7. The van der Waals surface area contributed by atoms with Gasteiger partial charge in [0.1, 0.15) is 0 Å². The van der Waals surface area contributed by atoms with Crippen LogP contribution in [0.2, 0.25) is 0 Å². The van der Waals surface area contributed by atoms with Gasteiger partial charge in [-0.25, -0.2) is 13.1 Å². The Kier molecular flexibility index (Phi) is 5.57. The smallest absolute Gasteiger partial charge is 0.240 e. The highest BCUT2D eigenvalue weighted by molar-refractivity contribution is 7.89. The Morgan fingerprint density at radius 1 is 0.812 bits per heavy atom. The van der Waals surface area contributed by atoms with Gasteiger partial charge >= 0.3 is 0 Å². The lowest BCUT2D eigenvalue weighted by molar-refractivity contribution is -0.121. The van der Waals surface area contributed by atoms with Crippen molar-refractivity contribution in [2.75, 3.05) is 13.1 Å². The Morgan fingerprint density at radius 3 is 2.00 bits per heavy atom. The summed E-state index contributed by atoms with van der Waals surface area (Å²) >= 11 is 0. The van der Waals surface area contributed by atoms with E-state index in [9.17, 15) is 13.2 Å². The maximum absolute atomic E-state index is 12.5. The number of sulfonamides is 1. The molecule has 0 aliphatic heterocycles. The molecule has 3 aromatic rings. The number of hydrogen-bond donors (Lipinski definition) is 2. The number of amides is 1. The van der Waals surface area contributed by atoms with E-state index in [1.165, 1.54) is 34.4 Å². The van der Waals surface area contributed by atoms with E-state index < -0.39 is 10.0 Å². The molecule has 0 aromatic heterocycles. The molecule has 0 unspecified atom stereocenters. The molecule has 3 aromatic carbocycles. The zero-order valence-corrected chi connectivity index (χ0v) is 18.5. The van der Waals surface area contributed by atoms with E-state index in [-0.39, 0.29) is 29.7 Å². The molecule has 0 saturated carbocycles. The first-order valence-electron chi connectivity index (χ1n) is 11.0. The molecular formula is C26H26N2O3S. The molecule has 1 amide bonds. The molecular weight excluding hydrogens is 420 g/mol. The number of hydrogen-bond acceptors (Lipinski definition) is 3. The first kappa shape index (κ1) is 20.9. The second-order valence-corrected chi connectivity index (χ2v) is 10.3. The molecule has 32 heavy (non-hydrogen) atoms. The van der Waals surface area contributed by atoms with Crippen LogP contribution in [0.15, 0.2) is 83.8 Å². The lowest BCUT2D eigenvalue weighted by Crippen LogP contribution is -2.40. The van der Waals surface area contributed by atoms with E-state index in [2.05, 4.69) is 58.6 Å². The van der Waals surface area contributed by atoms with Gasteiger partial charge in [0.25, 0.3) is 0 Å². The van der Waals surface area contributed by atoms with Crippen LogP contribution in [0.1, 0.15) is 46.9 Å². The third kappa shape index (κ3) is 3.85. The van der Waals surface area contributed by atoms with Crippen LogP contribution in [-0.2, 0) is 14.8 Å². The predicted octanol–water partition coefficient (Wildman–Crippen LogP) is 3.77. The molecule has 0 radical (unpaired) electrons. The SMILES string of the molecule is O=C(CCNS(=O)(=O)c1ccccc1)NC[C@H]1CC2c3ccccc3C1c1ccccc12. The number of fused-ring (bicyclic) bond motifs is 1. The maximum atomic E-state index is 12.5. The van der Waals surface area contributed by atoms with Crippen LogP contribution in [0.25, 0.3) is 0 Å². The minimum Gasteiger partial charge on any atom is -0.356 e. The third-order valence-electron chi connectivity index (χ3n) is 6.68. The average molecular weight is 447 g/mol. The molecule has 6 rings (SSSR count). The highest BCUT2D eigenvalue weighted by Gasteiger charge is 2.42. The van der Waals surface area contributed by atoms with Gasteiger partial charge < -0.3 is 5.32 Å². The first-order chi connectivity index (χ1) is 15.5. The zero-order valence-electron chi connectivity index (χ0n) is 17.7. The van der Waals surface area contributed by atoms with Crippen molar-refractivity contribution in [1.29, 1.82) is 0 Å². The van der Waals surface area contributed by atoms with E-state index in [4.69, 9.17) is 0 Å². The Hall–Kier alpha value is -2.96. The fourth-order valence-electron chi connectivity index (χ4n) is 5.28. The Balaban J connectivity index is 1.21. The Bertz CT molecular complexity index is 1190. The van der Waals surface area contributed by atoms with Crippen molar-refractivity contribution in [3.63, 3.8) is 0 Å². The minimum atomic E-state index is -3.60. The fourth-order valence-corrected chi connectivity index (χ4v) is 6.33. The van der Waals surface area contributed by atoms with Gasteiger partial charge in [-0.2, -0.15) is 0 Å². The average Bonchev–Trinajstić information content (AvgIpc) is 2.83. The van der Waals surface area contributed by atoms with E-state index >= 15 is 0 Å². The zero-order chi connectivity index (χ0) is 22.1. The Labute approximate surface area is 188 Å². The van der Waals surface area contributed by atoms with Crippen molar-refractivity contribution in [1.82, 2.24) is 10.0 Å². The van der Waals surface area contributed by atoms with Gasteiger partial charge in [0.15, 0.2) is 0 Å². The molecule has 5 nitrogen and oxygen atoms in total. The van der Waals surface area contributed by atoms with Gasteiger partial charge in [0, 0.05) is 31.3 Å². The topological polar surface area (TPSA) is 75.3 Å². The van der Waals surface area contributed by atoms with Gasteiger partial charge in [0.05, 0.1) is 4.90 Å². The van der Waals surface area contributed by atoms with Crippen LogP contribution in [-0.4, -0.2) is 27.4 Å². The second kappa shape index (κ2) is 8.52. The molecule has 0 saturated heterocycles. The summed E-state index contributed by atoms with van der Waals surface area (Å²) in [6, 6.07) is 25.5. The fraction of sp³-hybridized carbons (Fsp3) is 0.269. The molecule has 2 N–H and O–H groups in total. The van der Waals surface area contributed by atoms with Crippen molar-refractivity contribution in [2.45, 2.75) is 29.6 Å². The number of rotatable bonds is 7. The summed E-state index contributed by atoms with van der Waals surface area (Å²) in [5.41, 5.74) is 5.57. The monoisotopic (exact) mass is 446 g/mol. The maximum Gasteiger partial charge on any atom is 0.240 e. The van der Waals surface area contributed by atoms with Gasteiger partial charge in [-0.05, 0) is 46.7 Å². The van der Waals surface area contributed by atoms with E-state index in [0.29, 0.717) is 18.4 Å². The lowest BCUT2D eigenvalue weighted by Gasteiger charge is -2.45. The van der Waals surface area contributed by atoms with E-state index in [1.54, 1.807) is 18.2 Å². The third-order valence-corrected chi connectivity index (χ3v) is 8.16. The Morgan fingerprint density at radius 2 is 1.38 bits per heavy atom. The van der Waals surface area contributed by atoms with Crippen molar-refractivity contribution < 1.29 is 13.2 Å². The number of carbonyl (C=O) groups is 1. The quantitative estimate of drug-likeness (QED) is 0.580. The first-order valence-corrected chi connectivity index (χ1v) is 12.5. The van der Waals surface area contributed by atoms with E-state index in [0.717, 1.165) is 6.42 Å². The molecule has 3 aliphatic carbocycles. The van der Waals surface area contributed by atoms with E-state index in [1.807, 2.05) is 0 Å². The summed E-state index contributed by atoms with van der Waals surface area (Å²) < 4.78 is 27.1. The van der Waals surface area contributed by atoms with Gasteiger partial charge in [-0.15, -0.1) is 0 Å². The molecule has 2 bridgehead atoms. The highest BCUT2D eigenvalue weighted by Crippen LogP contribution is 2.55. The van der Waals surface area contributed by atoms with Crippen molar-refractivity contribution in [3.05, 3.63) is 101 Å². The van der Waals surface area contributed by atoms with Crippen LogP contribution in [0.3, 0.4) is 0 Å². The molecule has 0 spiro atoms. The van der Waals surface area contributed by atoms with Crippen LogP contribution < -0.4 is 10.0 Å². The van der Waals surface area contributed by atoms with Crippen molar-refractivity contribution in [3.8, 4) is 0 Å². The number of benzene rings is 3. The summed E-state index contributed by atoms with van der Waals surface area (Å²) in [7, 11) is -3.60. The number of carbonyl (C=O) groups excluding carboxylic acids is 1. The van der Waals surface area contributed by atoms with Gasteiger partial charge in [0.2, 0.25) is 15.9 Å². The van der Waals surface area contributed by atoms with Gasteiger partial charge in [-0.1, -0.05) is 66.7 Å². The summed E-state index contributed by atoms with van der Waals surface area (Å²) in [6.07, 6.45) is 1.12. The van der Waals surface area contributed by atoms with Crippen LogP contribution in [0.5, 0.6) is 0 Å². The van der Waals surface area contributed by atoms with Crippen molar-refractivity contribution >= 4 is 15.9 Å². The molecule has 3 aliphatic rings. The largest absolute Gasteiger partial charge is 0.356 e. The van der Waals surface area contributed by atoms with Gasteiger partial charge in [-0.3, -0.25) is 4.79 Å².